The van der Waals surface area contributed by atoms with Crippen LogP contribution in [-0.4, -0.2) is 29.1 Å². The summed E-state index contributed by atoms with van der Waals surface area (Å²) in [5.41, 5.74) is 0. The molecule has 7 heteroatoms. The number of halogens is 3. The molecule has 0 saturated carbocycles. The minimum Gasteiger partial charge on any atom is -0.387 e. The molecular weight excluding hydrogens is 241 g/mol. The molecule has 0 aromatic carbocycles. The third-order valence-corrected chi connectivity index (χ3v) is 3.03. The highest BCUT2D eigenvalue weighted by Gasteiger charge is 2.46. The van der Waals surface area contributed by atoms with Crippen LogP contribution in [0.25, 0.3) is 0 Å². The topological polar surface area (TPSA) is 18.5 Å². The van der Waals surface area contributed by atoms with Gasteiger partial charge in [-0.25, -0.2) is 0 Å². The zero-order valence-electron chi connectivity index (χ0n) is 10.0. The Labute approximate surface area is 91.0 Å². The first-order chi connectivity index (χ1) is 6.31. The fraction of sp³-hybridized carbons (Fsp3) is 1.00. The van der Waals surface area contributed by atoms with Crippen LogP contribution in [0.1, 0.15) is 0 Å². The van der Waals surface area contributed by atoms with Crippen LogP contribution in [0.3, 0.4) is 0 Å². The van der Waals surface area contributed by atoms with Crippen LogP contribution in [-0.2, 0) is 8.85 Å². The monoisotopic (exact) mass is 260 g/mol. The van der Waals surface area contributed by atoms with Crippen molar-refractivity contribution in [3.05, 3.63) is 0 Å². The van der Waals surface area contributed by atoms with Crippen molar-refractivity contribution in [2.75, 3.05) is 0 Å². The normalized spacial score (nSPS) is 14.8. The van der Waals surface area contributed by atoms with E-state index in [1.165, 1.54) is 0 Å². The van der Waals surface area contributed by atoms with Crippen LogP contribution >= 0.6 is 0 Å². The van der Waals surface area contributed by atoms with Crippen LogP contribution in [0.5, 0.6) is 0 Å². The minimum absolute atomic E-state index is 1.71. The van der Waals surface area contributed by atoms with Gasteiger partial charge in [-0.2, -0.15) is 13.2 Å². The molecule has 0 rings (SSSR count). The van der Waals surface area contributed by atoms with Gasteiger partial charge in [-0.05, 0) is 39.3 Å². The van der Waals surface area contributed by atoms with Crippen molar-refractivity contribution in [3.8, 4) is 0 Å². The van der Waals surface area contributed by atoms with E-state index in [2.05, 4.69) is 0 Å². The quantitative estimate of drug-likeness (QED) is 0.568. The van der Waals surface area contributed by atoms with Crippen molar-refractivity contribution in [2.24, 2.45) is 0 Å². The molecule has 0 amide bonds. The van der Waals surface area contributed by atoms with Gasteiger partial charge >= 0.3 is 6.18 Å². The molecule has 0 N–H and O–H groups in total. The standard InChI is InChI=1S/C8H19F3O2Si2/c1-14(2,3)12-7(8(9,10)11)13-15(4,5)6/h7H,1-6H3. The second-order valence-corrected chi connectivity index (χ2v) is 14.3. The number of alkyl halides is 3. The molecule has 0 spiro atoms. The average molecular weight is 260 g/mol. The summed E-state index contributed by atoms with van der Waals surface area (Å²) >= 11 is 0. The molecule has 2 nitrogen and oxygen atoms in total. The number of hydrogen-bond acceptors (Lipinski definition) is 2. The molecule has 0 fully saturated rings. The highest BCUT2D eigenvalue weighted by molar-refractivity contribution is 6.70. The van der Waals surface area contributed by atoms with Crippen LogP contribution in [0, 0.1) is 0 Å². The first-order valence-electron chi connectivity index (χ1n) is 4.74. The molecule has 0 aromatic heterocycles. The number of hydrogen-bond donors (Lipinski definition) is 0. The summed E-state index contributed by atoms with van der Waals surface area (Å²) < 4.78 is 47.7. The van der Waals surface area contributed by atoms with E-state index >= 15 is 0 Å². The van der Waals surface area contributed by atoms with Crippen molar-refractivity contribution < 1.29 is 22.0 Å². The molecule has 0 aromatic rings. The third-order valence-electron chi connectivity index (χ3n) is 1.19. The van der Waals surface area contributed by atoms with Gasteiger partial charge in [0.2, 0.25) is 6.29 Å². The van der Waals surface area contributed by atoms with Crippen molar-refractivity contribution in [2.45, 2.75) is 51.7 Å². The van der Waals surface area contributed by atoms with Crippen LogP contribution in [0.15, 0.2) is 0 Å². The van der Waals surface area contributed by atoms with E-state index in [0.717, 1.165) is 0 Å². The van der Waals surface area contributed by atoms with Gasteiger partial charge in [0.05, 0.1) is 0 Å². The Bertz CT molecular complexity index is 189. The lowest BCUT2D eigenvalue weighted by atomic mass is 10.6. The van der Waals surface area contributed by atoms with Gasteiger partial charge in [0.15, 0.2) is 16.6 Å². The lowest BCUT2D eigenvalue weighted by Gasteiger charge is -2.32. The minimum atomic E-state index is -4.44. The largest absolute Gasteiger partial charge is 0.438 e. The first kappa shape index (κ1) is 15.1. The van der Waals surface area contributed by atoms with Crippen molar-refractivity contribution in [3.63, 3.8) is 0 Å². The summed E-state index contributed by atoms with van der Waals surface area (Å²) in [5.74, 6) is 0. The lowest BCUT2D eigenvalue weighted by Crippen LogP contribution is -2.47. The molecular formula is C8H19F3O2Si2. The SMILES string of the molecule is C[Si](C)(C)OC(O[Si](C)(C)C)C(F)(F)F. The molecule has 0 unspecified atom stereocenters. The second kappa shape index (κ2) is 4.56. The fourth-order valence-electron chi connectivity index (χ4n) is 0.800. The highest BCUT2D eigenvalue weighted by atomic mass is 28.4. The molecule has 92 valence electrons. The van der Waals surface area contributed by atoms with Crippen molar-refractivity contribution >= 4 is 16.6 Å². The zero-order valence-corrected chi connectivity index (χ0v) is 12.0. The fourth-order valence-corrected chi connectivity index (χ4v) is 2.54. The summed E-state index contributed by atoms with van der Waals surface area (Å²) in [6, 6.07) is 0. The van der Waals surface area contributed by atoms with E-state index in [0.29, 0.717) is 0 Å². The Morgan fingerprint density at radius 1 is 0.800 bits per heavy atom. The summed E-state index contributed by atoms with van der Waals surface area (Å²) in [6.45, 7) is 10.2. The Balaban J connectivity index is 4.62. The zero-order chi connectivity index (χ0) is 12.5. The summed E-state index contributed by atoms with van der Waals surface area (Å²) in [7, 11) is -4.51. The maximum atomic E-state index is 12.6. The van der Waals surface area contributed by atoms with Gasteiger partial charge < -0.3 is 8.85 Å². The summed E-state index contributed by atoms with van der Waals surface area (Å²) in [6.07, 6.45) is -6.50. The van der Waals surface area contributed by atoms with Gasteiger partial charge in [-0.15, -0.1) is 0 Å². The molecule has 0 aliphatic rings. The number of rotatable bonds is 4. The Hall–Kier alpha value is 0.144. The van der Waals surface area contributed by atoms with E-state index < -0.39 is 29.1 Å². The van der Waals surface area contributed by atoms with Crippen LogP contribution in [0.4, 0.5) is 13.2 Å². The van der Waals surface area contributed by atoms with Crippen molar-refractivity contribution in [1.82, 2.24) is 0 Å². The van der Waals surface area contributed by atoms with Crippen LogP contribution < -0.4 is 0 Å². The van der Waals surface area contributed by atoms with Gasteiger partial charge in [-0.1, -0.05) is 0 Å². The molecule has 0 atom stereocenters. The Kier molecular flexibility index (Phi) is 4.61. The van der Waals surface area contributed by atoms with Crippen molar-refractivity contribution in [1.29, 1.82) is 0 Å². The molecule has 0 bridgehead atoms. The second-order valence-electron chi connectivity index (χ2n) is 5.33. The van der Waals surface area contributed by atoms with Gasteiger partial charge in [0, 0.05) is 0 Å². The summed E-state index contributed by atoms with van der Waals surface area (Å²) in [4.78, 5) is 0. The lowest BCUT2D eigenvalue weighted by molar-refractivity contribution is -0.260. The molecule has 0 saturated heterocycles. The average Bonchev–Trinajstić information content (AvgIpc) is 1.75. The molecule has 0 radical (unpaired) electrons. The predicted octanol–water partition coefficient (Wildman–Crippen LogP) is 3.58. The maximum Gasteiger partial charge on any atom is 0.438 e. The Morgan fingerprint density at radius 2 is 1.07 bits per heavy atom. The molecule has 0 heterocycles. The van der Waals surface area contributed by atoms with Gasteiger partial charge in [0.25, 0.3) is 0 Å². The third kappa shape index (κ3) is 8.00. The predicted molar refractivity (Wildman–Crippen MR) is 58.7 cm³/mol. The highest BCUT2D eigenvalue weighted by Crippen LogP contribution is 2.28. The molecule has 0 aliphatic carbocycles. The smallest absolute Gasteiger partial charge is 0.387 e. The van der Waals surface area contributed by atoms with Gasteiger partial charge in [0.1, 0.15) is 0 Å². The first-order valence-corrected chi connectivity index (χ1v) is 11.6. The van der Waals surface area contributed by atoms with Crippen LogP contribution in [0.2, 0.25) is 39.3 Å². The molecule has 0 aliphatic heterocycles. The molecule has 15 heavy (non-hydrogen) atoms. The van der Waals surface area contributed by atoms with E-state index in [9.17, 15) is 13.2 Å². The summed E-state index contributed by atoms with van der Waals surface area (Å²) in [5, 5.41) is 0. The van der Waals surface area contributed by atoms with E-state index in [4.69, 9.17) is 8.85 Å². The van der Waals surface area contributed by atoms with E-state index in [1.807, 2.05) is 0 Å². The van der Waals surface area contributed by atoms with Gasteiger partial charge in [-0.3, -0.25) is 0 Å². The van der Waals surface area contributed by atoms with E-state index in [1.54, 1.807) is 39.3 Å². The maximum absolute atomic E-state index is 12.6. The van der Waals surface area contributed by atoms with E-state index in [-0.39, 0.29) is 0 Å². The Morgan fingerprint density at radius 3 is 1.20 bits per heavy atom.